The molecule has 3 atom stereocenters. The van der Waals surface area contributed by atoms with Gasteiger partial charge in [0.25, 0.3) is 0 Å². The van der Waals surface area contributed by atoms with Crippen LogP contribution in [-0.4, -0.2) is 23.6 Å². The summed E-state index contributed by atoms with van der Waals surface area (Å²) < 4.78 is 12.8. The van der Waals surface area contributed by atoms with Crippen molar-refractivity contribution >= 4 is 19.9 Å². The van der Waals surface area contributed by atoms with Gasteiger partial charge in [0, 0.05) is 16.8 Å². The van der Waals surface area contributed by atoms with E-state index in [2.05, 4.69) is 68.4 Å². The normalized spacial score (nSPS) is 20.9. The Hall–Kier alpha value is -2.91. The first kappa shape index (κ1) is 28.7. The van der Waals surface area contributed by atoms with E-state index < -0.39 is 19.3 Å². The quantitative estimate of drug-likeness (QED) is 0.262. The third kappa shape index (κ3) is 5.99. The average Bonchev–Trinajstić information content (AvgIpc) is 3.33. The average molecular weight is 538 g/mol. The van der Waals surface area contributed by atoms with E-state index in [0.717, 1.165) is 23.3 Å². The van der Waals surface area contributed by atoms with Crippen molar-refractivity contribution in [2.45, 2.75) is 83.1 Å². The van der Waals surface area contributed by atoms with Crippen molar-refractivity contribution in [3.05, 3.63) is 59.1 Å². The number of aromatic nitrogens is 2. The van der Waals surface area contributed by atoms with Crippen LogP contribution in [0.5, 0.6) is 0 Å². The molecule has 0 amide bonds. The zero-order valence-electron chi connectivity index (χ0n) is 22.7. The van der Waals surface area contributed by atoms with Crippen LogP contribution < -0.4 is 5.32 Å². The van der Waals surface area contributed by atoms with E-state index in [1.165, 1.54) is 0 Å². The summed E-state index contributed by atoms with van der Waals surface area (Å²) in [5, 5.41) is 29.8. The molecule has 0 aliphatic heterocycles. The summed E-state index contributed by atoms with van der Waals surface area (Å²) in [6.07, 6.45) is 5.97. The van der Waals surface area contributed by atoms with Gasteiger partial charge in [0.2, 0.25) is 11.8 Å². The summed E-state index contributed by atoms with van der Waals surface area (Å²) in [5.41, 5.74) is 3.01. The highest BCUT2D eigenvalue weighted by molar-refractivity contribution is 6.74. The molecule has 196 valence electrons. The monoisotopic (exact) mass is 537 g/mol. The first-order chi connectivity index (χ1) is 17.4. The highest BCUT2D eigenvalue weighted by atomic mass is 35.5. The first-order valence-electron chi connectivity index (χ1n) is 12.7. The lowest BCUT2D eigenvalue weighted by Gasteiger charge is -2.46. The fourth-order valence-corrected chi connectivity index (χ4v) is 6.16. The van der Waals surface area contributed by atoms with Gasteiger partial charge in [-0.2, -0.15) is 10.5 Å². The van der Waals surface area contributed by atoms with Crippen molar-refractivity contribution in [1.29, 1.82) is 10.5 Å². The van der Waals surface area contributed by atoms with Crippen LogP contribution in [0, 0.1) is 28.6 Å². The second-order valence-corrected chi connectivity index (χ2v) is 16.1. The molecule has 0 saturated carbocycles. The number of rotatable bonds is 9. The van der Waals surface area contributed by atoms with Crippen LogP contribution in [0.15, 0.2) is 52.1 Å². The Morgan fingerprint density at radius 3 is 2.41 bits per heavy atom. The molecule has 1 aromatic heterocycles. The van der Waals surface area contributed by atoms with Gasteiger partial charge in [-0.15, -0.1) is 10.2 Å². The number of nitrogens with zero attached hydrogens (tertiary/aromatic N) is 4. The highest BCUT2D eigenvalue weighted by Gasteiger charge is 2.51. The number of halogens is 1. The van der Waals surface area contributed by atoms with Gasteiger partial charge in [-0.05, 0) is 61.3 Å². The Morgan fingerprint density at radius 2 is 1.86 bits per heavy atom. The van der Waals surface area contributed by atoms with Crippen LogP contribution in [0.2, 0.25) is 18.1 Å². The minimum Gasteiger partial charge on any atom is -0.418 e. The number of hydrogen-bond acceptors (Lipinski definition) is 7. The maximum Gasteiger partial charge on any atom is 0.247 e. The summed E-state index contributed by atoms with van der Waals surface area (Å²) >= 11 is 7.32. The Balaban J connectivity index is 1.98. The van der Waals surface area contributed by atoms with Crippen LogP contribution in [0.1, 0.15) is 71.4 Å². The largest absolute Gasteiger partial charge is 0.418 e. The molecule has 1 unspecified atom stereocenters. The van der Waals surface area contributed by atoms with Crippen molar-refractivity contribution in [2.24, 2.45) is 5.92 Å². The molecule has 37 heavy (non-hydrogen) atoms. The summed E-state index contributed by atoms with van der Waals surface area (Å²) in [6, 6.07) is 11.2. The lowest BCUT2D eigenvalue weighted by Crippen LogP contribution is -2.52. The molecule has 0 bridgehead atoms. The zero-order valence-corrected chi connectivity index (χ0v) is 24.5. The summed E-state index contributed by atoms with van der Waals surface area (Å²) in [7, 11) is -2.32. The first-order valence-corrected chi connectivity index (χ1v) is 16.0. The Morgan fingerprint density at radius 1 is 1.19 bits per heavy atom. The molecular formula is C28H36ClN5O2Si. The number of nitrogens with one attached hydrogen (secondary N) is 1. The lowest BCUT2D eigenvalue weighted by molar-refractivity contribution is 0.142. The van der Waals surface area contributed by atoms with E-state index >= 15 is 0 Å². The minimum atomic E-state index is -2.32. The second-order valence-electron chi connectivity index (χ2n) is 10.9. The molecule has 7 nitrogen and oxygen atoms in total. The van der Waals surface area contributed by atoms with E-state index in [9.17, 15) is 5.26 Å². The predicted octanol–water partition coefficient (Wildman–Crippen LogP) is 7.37. The number of alkyl halides is 1. The Kier molecular flexibility index (Phi) is 8.69. The molecule has 1 aromatic carbocycles. The number of allylic oxidation sites excluding steroid dienone is 1. The number of benzene rings is 1. The lowest BCUT2D eigenvalue weighted by atomic mass is 9.86. The molecule has 0 radical (unpaired) electrons. The van der Waals surface area contributed by atoms with Crippen LogP contribution in [0.4, 0.5) is 0 Å². The van der Waals surface area contributed by atoms with E-state index in [-0.39, 0.29) is 11.1 Å². The van der Waals surface area contributed by atoms with Gasteiger partial charge >= 0.3 is 0 Å². The fraction of sp³-hybridized carbons (Fsp3) is 0.500. The van der Waals surface area contributed by atoms with Crippen molar-refractivity contribution in [3.8, 4) is 23.6 Å². The van der Waals surface area contributed by atoms with Gasteiger partial charge in [-0.1, -0.05) is 58.7 Å². The second kappa shape index (κ2) is 11.2. The fourth-order valence-electron chi connectivity index (χ4n) is 3.96. The van der Waals surface area contributed by atoms with Gasteiger partial charge < -0.3 is 14.2 Å². The van der Waals surface area contributed by atoms with Crippen molar-refractivity contribution in [1.82, 2.24) is 15.5 Å². The molecule has 1 aliphatic carbocycles. The Bertz CT molecular complexity index is 1250. The van der Waals surface area contributed by atoms with Crippen molar-refractivity contribution in [3.63, 3.8) is 0 Å². The molecule has 0 saturated heterocycles. The van der Waals surface area contributed by atoms with Gasteiger partial charge in [0.1, 0.15) is 12.0 Å². The predicted molar refractivity (Wildman–Crippen MR) is 148 cm³/mol. The Labute approximate surface area is 226 Å². The molecule has 1 heterocycles. The van der Waals surface area contributed by atoms with Gasteiger partial charge in [-0.25, -0.2) is 0 Å². The van der Waals surface area contributed by atoms with Gasteiger partial charge in [0.05, 0.1) is 17.7 Å². The maximum atomic E-state index is 10.0. The minimum absolute atomic E-state index is 0.0709. The third-order valence-electron chi connectivity index (χ3n) is 7.18. The molecule has 0 spiro atoms. The number of hydrogen-bond donors (Lipinski definition) is 1. The molecule has 1 aliphatic rings. The van der Waals surface area contributed by atoms with Crippen LogP contribution in [-0.2, 0) is 4.43 Å². The summed E-state index contributed by atoms with van der Waals surface area (Å²) in [6.45, 7) is 14.9. The summed E-state index contributed by atoms with van der Waals surface area (Å²) in [4.78, 5) is 0. The SMILES string of the molecule is CCCC1=C(NC(CC)c2nnc(-c3ccc(C#N)cc3)o2)C=C[C@H](C#N)[C@@]1(Cl)O[Si](C)(C)C(C)(C)C. The van der Waals surface area contributed by atoms with Crippen LogP contribution in [0.3, 0.4) is 0 Å². The van der Waals surface area contributed by atoms with Crippen molar-refractivity contribution in [2.75, 3.05) is 0 Å². The summed E-state index contributed by atoms with van der Waals surface area (Å²) in [5.74, 6) is 0.229. The van der Waals surface area contributed by atoms with Gasteiger partial charge in [0.15, 0.2) is 13.4 Å². The maximum absolute atomic E-state index is 10.0. The standard InChI is InChI=1S/C28H36ClN5O2Si/c1-8-10-22-24(16-15-21(18-31)28(22,29)36-37(6,7)27(3,4)5)32-23(9-2)26-34-33-25(35-26)20-13-11-19(17-30)12-14-20/h11-16,21,23,32H,8-10H2,1-7H3/t21-,23?,28-/m1/s1. The topological polar surface area (TPSA) is 108 Å². The van der Waals surface area contributed by atoms with E-state index in [0.29, 0.717) is 30.2 Å². The van der Waals surface area contributed by atoms with Crippen LogP contribution >= 0.6 is 11.6 Å². The van der Waals surface area contributed by atoms with E-state index in [4.69, 9.17) is 25.7 Å². The molecule has 1 N–H and O–H groups in total. The highest BCUT2D eigenvalue weighted by Crippen LogP contribution is 2.49. The molecule has 2 aromatic rings. The van der Waals surface area contributed by atoms with Crippen LogP contribution in [0.25, 0.3) is 11.5 Å². The zero-order chi connectivity index (χ0) is 27.4. The smallest absolute Gasteiger partial charge is 0.247 e. The molecule has 3 rings (SSSR count). The number of nitriles is 2. The molecule has 0 fully saturated rings. The van der Waals surface area contributed by atoms with Gasteiger partial charge in [-0.3, -0.25) is 0 Å². The molecule has 9 heteroatoms. The van der Waals surface area contributed by atoms with Crippen molar-refractivity contribution < 1.29 is 8.84 Å². The molecular weight excluding hydrogens is 502 g/mol. The third-order valence-corrected chi connectivity index (χ3v) is 12.3. The van der Waals surface area contributed by atoms with E-state index in [1.807, 2.05) is 19.1 Å². The van der Waals surface area contributed by atoms with E-state index in [1.54, 1.807) is 24.3 Å².